The second-order valence-electron chi connectivity index (χ2n) is 8.42. The van der Waals surface area contributed by atoms with Crippen molar-refractivity contribution in [3.05, 3.63) is 71.3 Å². The Morgan fingerprint density at radius 2 is 1.71 bits per heavy atom. The molecule has 0 aromatic heterocycles. The summed E-state index contributed by atoms with van der Waals surface area (Å²) >= 11 is 0. The summed E-state index contributed by atoms with van der Waals surface area (Å²) in [7, 11) is 0. The highest BCUT2D eigenvalue weighted by molar-refractivity contribution is 5.94. The van der Waals surface area contributed by atoms with Crippen molar-refractivity contribution in [1.82, 2.24) is 15.5 Å². The molecule has 7 heteroatoms. The van der Waals surface area contributed by atoms with Crippen LogP contribution >= 0.6 is 0 Å². The minimum atomic E-state index is -0.864. The Labute approximate surface area is 200 Å². The quantitative estimate of drug-likeness (QED) is 0.376. The highest BCUT2D eigenvalue weighted by atomic mass is 19.1. The molecule has 2 N–H and O–H groups in total. The normalized spacial score (nSPS) is 15.3. The number of hydrogen-bond acceptors (Lipinski definition) is 2. The zero-order valence-electron chi connectivity index (χ0n) is 19.8. The zero-order valence-corrected chi connectivity index (χ0v) is 19.8. The number of halogens is 2. The van der Waals surface area contributed by atoms with Gasteiger partial charge in [-0.1, -0.05) is 49.2 Å². The standard InChI is InChI=1S/C27H32F2N4O/c1-3-5-9-17-31-26(30-4-2)33-18-15-27(16-19-33,21-11-7-6-8-12-21)20-32-25(34)24-22(28)13-10-14-23(24)29/h6-8,10-14H,3-5,15-16,18-20H2,1-2H3,(H,30,31)(H,32,34). The van der Waals surface area contributed by atoms with Crippen molar-refractivity contribution >= 4 is 11.9 Å². The van der Waals surface area contributed by atoms with Gasteiger partial charge in [-0.15, -0.1) is 0 Å². The maximum Gasteiger partial charge on any atom is 0.257 e. The van der Waals surface area contributed by atoms with Crippen LogP contribution in [-0.4, -0.2) is 42.9 Å². The number of aliphatic imine (C=N–C) groups is 1. The van der Waals surface area contributed by atoms with E-state index in [1.165, 1.54) is 6.07 Å². The van der Waals surface area contributed by atoms with Gasteiger partial charge < -0.3 is 15.5 Å². The van der Waals surface area contributed by atoms with Crippen LogP contribution in [0.2, 0.25) is 0 Å². The summed E-state index contributed by atoms with van der Waals surface area (Å²) in [6.07, 6.45) is 3.28. The Balaban J connectivity index is 1.78. The van der Waals surface area contributed by atoms with Gasteiger partial charge in [0.25, 0.3) is 5.91 Å². The molecule has 5 nitrogen and oxygen atoms in total. The molecule has 1 heterocycles. The molecule has 2 aromatic carbocycles. The molecule has 1 aliphatic heterocycles. The molecule has 0 aliphatic carbocycles. The summed E-state index contributed by atoms with van der Waals surface area (Å²) in [4.78, 5) is 19.3. The first kappa shape index (κ1) is 25.2. The van der Waals surface area contributed by atoms with Crippen LogP contribution in [0.1, 0.15) is 55.5 Å². The highest BCUT2D eigenvalue weighted by Crippen LogP contribution is 2.35. The minimum Gasteiger partial charge on any atom is -0.356 e. The van der Waals surface area contributed by atoms with Crippen molar-refractivity contribution in [3.63, 3.8) is 0 Å². The van der Waals surface area contributed by atoms with Crippen LogP contribution in [0.4, 0.5) is 8.78 Å². The maximum absolute atomic E-state index is 14.1. The van der Waals surface area contributed by atoms with Crippen molar-refractivity contribution in [2.24, 2.45) is 4.99 Å². The molecule has 3 rings (SSSR count). The lowest BCUT2D eigenvalue weighted by Gasteiger charge is -2.43. The Morgan fingerprint density at radius 1 is 1.03 bits per heavy atom. The number of carbonyl (C=O) groups is 1. The molecule has 0 radical (unpaired) electrons. The van der Waals surface area contributed by atoms with Gasteiger partial charge in [-0.2, -0.15) is 4.99 Å². The Bertz CT molecular complexity index is 1030. The van der Waals surface area contributed by atoms with E-state index in [1.54, 1.807) is 0 Å². The van der Waals surface area contributed by atoms with Crippen LogP contribution in [0, 0.1) is 23.6 Å². The van der Waals surface area contributed by atoms with E-state index >= 15 is 0 Å². The fourth-order valence-corrected chi connectivity index (χ4v) is 4.21. The average molecular weight is 467 g/mol. The third-order valence-corrected chi connectivity index (χ3v) is 6.13. The number of likely N-dealkylation sites (tertiary alicyclic amines) is 1. The second-order valence-corrected chi connectivity index (χ2v) is 8.42. The van der Waals surface area contributed by atoms with E-state index in [-0.39, 0.29) is 12.0 Å². The zero-order chi connectivity index (χ0) is 24.4. The van der Waals surface area contributed by atoms with Gasteiger partial charge in [0.15, 0.2) is 0 Å². The molecule has 1 amide bonds. The fourth-order valence-electron chi connectivity index (χ4n) is 4.21. The molecule has 0 bridgehead atoms. The molecule has 1 fully saturated rings. The SMILES string of the molecule is CCCC#CN=C(NCC)N1CCC(CNC(=O)c2c(F)cccc2F)(c2ccccc2)CC1. The summed E-state index contributed by atoms with van der Waals surface area (Å²) in [6, 6.07) is 16.3. The predicted octanol–water partition coefficient (Wildman–Crippen LogP) is 4.45. The molecule has 34 heavy (non-hydrogen) atoms. The molecular formula is C27H32F2N4O. The minimum absolute atomic E-state index is 0.279. The number of hydrogen-bond donors (Lipinski definition) is 2. The number of nitrogens with one attached hydrogen (secondary N) is 2. The lowest BCUT2D eigenvalue weighted by molar-refractivity contribution is 0.0923. The smallest absolute Gasteiger partial charge is 0.257 e. The molecular weight excluding hydrogens is 434 g/mol. The number of nitrogens with zero attached hydrogens (tertiary/aromatic N) is 2. The van der Waals surface area contributed by atoms with Crippen molar-refractivity contribution in [3.8, 4) is 12.0 Å². The summed E-state index contributed by atoms with van der Waals surface area (Å²) in [5.41, 5.74) is 0.185. The van der Waals surface area contributed by atoms with Gasteiger partial charge in [-0.05, 0) is 43.9 Å². The van der Waals surface area contributed by atoms with E-state index in [0.717, 1.165) is 55.9 Å². The molecule has 0 spiro atoms. The summed E-state index contributed by atoms with van der Waals surface area (Å²) in [6.45, 7) is 6.53. The van der Waals surface area contributed by atoms with Crippen molar-refractivity contribution in [1.29, 1.82) is 0 Å². The summed E-state index contributed by atoms with van der Waals surface area (Å²) < 4.78 is 28.2. The summed E-state index contributed by atoms with van der Waals surface area (Å²) in [5.74, 6) is 1.33. The molecule has 0 saturated carbocycles. The van der Waals surface area contributed by atoms with Crippen LogP contribution in [0.3, 0.4) is 0 Å². The van der Waals surface area contributed by atoms with E-state index in [9.17, 15) is 13.6 Å². The molecule has 180 valence electrons. The molecule has 1 aliphatic rings. The highest BCUT2D eigenvalue weighted by Gasteiger charge is 2.37. The number of benzene rings is 2. The molecule has 1 saturated heterocycles. The van der Waals surface area contributed by atoms with E-state index < -0.39 is 23.1 Å². The predicted molar refractivity (Wildman–Crippen MR) is 131 cm³/mol. The monoisotopic (exact) mass is 466 g/mol. The van der Waals surface area contributed by atoms with Crippen molar-refractivity contribution < 1.29 is 13.6 Å². The van der Waals surface area contributed by atoms with Crippen LogP contribution in [0.15, 0.2) is 53.5 Å². The maximum atomic E-state index is 14.1. The number of piperidine rings is 1. The van der Waals surface area contributed by atoms with Gasteiger partial charge in [0.1, 0.15) is 17.2 Å². The van der Waals surface area contributed by atoms with Gasteiger partial charge in [0, 0.05) is 44.1 Å². The lowest BCUT2D eigenvalue weighted by Crippen LogP contribution is -2.52. The number of guanidine groups is 1. The van der Waals surface area contributed by atoms with Gasteiger partial charge in [0.2, 0.25) is 5.96 Å². The molecule has 0 unspecified atom stereocenters. The third kappa shape index (κ3) is 6.13. The first-order chi connectivity index (χ1) is 16.5. The topological polar surface area (TPSA) is 56.7 Å². The Morgan fingerprint density at radius 3 is 2.32 bits per heavy atom. The van der Waals surface area contributed by atoms with E-state index in [0.29, 0.717) is 13.1 Å². The number of rotatable bonds is 6. The van der Waals surface area contributed by atoms with Crippen LogP contribution < -0.4 is 10.6 Å². The first-order valence-electron chi connectivity index (χ1n) is 11.8. The van der Waals surface area contributed by atoms with Gasteiger partial charge >= 0.3 is 0 Å². The van der Waals surface area contributed by atoms with Gasteiger partial charge in [-0.3, -0.25) is 4.79 Å². The lowest BCUT2D eigenvalue weighted by atomic mass is 9.72. The van der Waals surface area contributed by atoms with E-state index in [4.69, 9.17) is 0 Å². The van der Waals surface area contributed by atoms with Crippen LogP contribution in [0.5, 0.6) is 0 Å². The van der Waals surface area contributed by atoms with E-state index in [1.807, 2.05) is 37.3 Å². The van der Waals surface area contributed by atoms with E-state index in [2.05, 4.69) is 39.4 Å². The summed E-state index contributed by atoms with van der Waals surface area (Å²) in [5, 5.41) is 6.10. The van der Waals surface area contributed by atoms with Crippen molar-refractivity contribution in [2.75, 3.05) is 26.2 Å². The second kappa shape index (κ2) is 12.2. The van der Waals surface area contributed by atoms with Crippen LogP contribution in [-0.2, 0) is 5.41 Å². The average Bonchev–Trinajstić information content (AvgIpc) is 2.85. The number of unbranched alkanes of at least 4 members (excludes halogenated alkanes) is 1. The number of amides is 1. The van der Waals surface area contributed by atoms with Crippen molar-refractivity contribution in [2.45, 2.75) is 44.9 Å². The number of carbonyl (C=O) groups excluding carboxylic acids is 1. The fraction of sp³-hybridized carbons (Fsp3) is 0.407. The van der Waals surface area contributed by atoms with Gasteiger partial charge in [-0.25, -0.2) is 8.78 Å². The Kier molecular flexibility index (Phi) is 9.03. The first-order valence-corrected chi connectivity index (χ1v) is 11.8. The Hall–Kier alpha value is -3.40. The molecule has 0 atom stereocenters. The van der Waals surface area contributed by atoms with Gasteiger partial charge in [0.05, 0.1) is 0 Å². The third-order valence-electron chi connectivity index (χ3n) is 6.13. The largest absolute Gasteiger partial charge is 0.356 e. The molecule has 2 aromatic rings. The van der Waals surface area contributed by atoms with Crippen LogP contribution in [0.25, 0.3) is 0 Å².